The zero-order valence-corrected chi connectivity index (χ0v) is 27.8. The van der Waals surface area contributed by atoms with Gasteiger partial charge in [-0.05, 0) is 201 Å². The molecule has 0 radical (unpaired) electrons. The fourth-order valence-corrected chi connectivity index (χ4v) is 8.43. The van der Waals surface area contributed by atoms with Crippen LogP contribution in [0.2, 0.25) is 0 Å². The summed E-state index contributed by atoms with van der Waals surface area (Å²) in [6.07, 6.45) is 6.08. The highest BCUT2D eigenvalue weighted by Crippen LogP contribution is 2.61. The fourth-order valence-electron chi connectivity index (χ4n) is 8.43. The van der Waals surface area contributed by atoms with Crippen LogP contribution in [0.15, 0.2) is 41.2 Å². The monoisotopic (exact) mass is 566 g/mol. The fraction of sp³-hybridized carbons (Fsp3) is 0.317. The van der Waals surface area contributed by atoms with Crippen molar-refractivity contribution < 1.29 is 9.15 Å². The second kappa shape index (κ2) is 8.99. The molecule has 0 amide bonds. The molecule has 0 fully saturated rings. The number of rotatable bonds is 0. The number of furan rings is 1. The molecule has 0 unspecified atom stereocenters. The summed E-state index contributed by atoms with van der Waals surface area (Å²) < 4.78 is 12.3. The summed E-state index contributed by atoms with van der Waals surface area (Å²) >= 11 is 0. The second-order valence-corrected chi connectivity index (χ2v) is 13.3. The SMILES string of the molecule is Cc1c(C)c(C)c2c(c1C)-c1c(C)c(C)c(C)c(C)c1C1(C=COc3cc4occc4cc31)c1c(C)c(C)c(C)c(C)c1-2. The lowest BCUT2D eigenvalue weighted by atomic mass is 9.62. The summed E-state index contributed by atoms with van der Waals surface area (Å²) in [7, 11) is 0. The number of hydrogen-bond donors (Lipinski definition) is 0. The molecular weight excluding hydrogens is 524 g/mol. The highest BCUT2D eigenvalue weighted by molar-refractivity contribution is 6.00. The van der Waals surface area contributed by atoms with E-state index in [-0.39, 0.29) is 0 Å². The predicted octanol–water partition coefficient (Wildman–Crippen LogP) is 11.0. The molecule has 0 saturated heterocycles. The van der Waals surface area contributed by atoms with Crippen LogP contribution in [0.5, 0.6) is 5.75 Å². The van der Waals surface area contributed by atoms with E-state index in [1.807, 2.05) is 6.26 Å². The van der Waals surface area contributed by atoms with Crippen LogP contribution in [-0.2, 0) is 5.41 Å². The molecule has 2 heteroatoms. The molecular formula is C41H42O2. The Kier molecular flexibility index (Phi) is 5.80. The van der Waals surface area contributed by atoms with Gasteiger partial charge < -0.3 is 9.15 Å². The Morgan fingerprint density at radius 3 is 1.42 bits per heavy atom. The van der Waals surface area contributed by atoms with E-state index in [0.717, 1.165) is 16.7 Å². The molecule has 0 atom stereocenters. The summed E-state index contributed by atoms with van der Waals surface area (Å²) in [5.74, 6) is 0.860. The summed E-state index contributed by atoms with van der Waals surface area (Å²) in [5, 5.41) is 1.09. The zero-order chi connectivity index (χ0) is 30.9. The molecule has 0 bridgehead atoms. The Morgan fingerprint density at radius 1 is 0.488 bits per heavy atom. The Morgan fingerprint density at radius 2 is 0.930 bits per heavy atom. The average molecular weight is 567 g/mol. The molecule has 1 aliphatic heterocycles. The topological polar surface area (TPSA) is 22.4 Å². The smallest absolute Gasteiger partial charge is 0.137 e. The normalized spacial score (nSPS) is 14.3. The molecule has 1 aliphatic carbocycles. The lowest BCUT2D eigenvalue weighted by Gasteiger charge is -2.41. The molecule has 5 aromatic rings. The highest BCUT2D eigenvalue weighted by Gasteiger charge is 2.48. The van der Waals surface area contributed by atoms with Crippen LogP contribution in [0.1, 0.15) is 83.5 Å². The summed E-state index contributed by atoms with van der Waals surface area (Å²) in [6, 6.07) is 6.49. The maximum absolute atomic E-state index is 6.37. The van der Waals surface area contributed by atoms with Crippen LogP contribution < -0.4 is 4.74 Å². The van der Waals surface area contributed by atoms with Crippen LogP contribution in [0.25, 0.3) is 33.2 Å². The average Bonchev–Trinajstić information content (AvgIpc) is 3.41. The summed E-state index contributed by atoms with van der Waals surface area (Å²) in [6.45, 7) is 27.9. The van der Waals surface area contributed by atoms with Crippen molar-refractivity contribution >= 4 is 11.0 Å². The third kappa shape index (κ3) is 3.25. The number of fused-ring (bicyclic) bond motifs is 10. The van der Waals surface area contributed by atoms with Crippen molar-refractivity contribution in [3.63, 3.8) is 0 Å². The molecule has 7 rings (SSSR count). The number of hydrogen-bond acceptors (Lipinski definition) is 2. The van der Waals surface area contributed by atoms with Crippen molar-refractivity contribution in [1.82, 2.24) is 0 Å². The molecule has 43 heavy (non-hydrogen) atoms. The zero-order valence-electron chi connectivity index (χ0n) is 27.8. The van der Waals surface area contributed by atoms with Gasteiger partial charge in [0.25, 0.3) is 0 Å². The molecule has 0 N–H and O–H groups in total. The first-order valence-electron chi connectivity index (χ1n) is 15.5. The van der Waals surface area contributed by atoms with Crippen molar-refractivity contribution in [2.24, 2.45) is 0 Å². The minimum atomic E-state index is -0.565. The standard InChI is InChI=1S/C41H42O2/c1-19-20(2)26(8)36-35(25(19)7)37-27(9)21(3)23(5)29(11)39(37)41(40-30(12)24(6)22(4)28(10)38(36)40)14-16-43-34-18-33-31(13-15-42-33)17-32(34)41/h13-18H,1-12H3. The number of allylic oxidation sites excluding steroid dienone is 1. The number of benzene rings is 4. The van der Waals surface area contributed by atoms with Gasteiger partial charge in [-0.15, -0.1) is 0 Å². The highest BCUT2D eigenvalue weighted by atomic mass is 16.5. The lowest BCUT2D eigenvalue weighted by Crippen LogP contribution is -2.33. The van der Waals surface area contributed by atoms with Gasteiger partial charge in [-0.3, -0.25) is 0 Å². The van der Waals surface area contributed by atoms with E-state index in [2.05, 4.69) is 107 Å². The van der Waals surface area contributed by atoms with Crippen molar-refractivity contribution in [2.45, 2.75) is 88.5 Å². The van der Waals surface area contributed by atoms with Gasteiger partial charge in [-0.25, -0.2) is 0 Å². The van der Waals surface area contributed by atoms with Gasteiger partial charge in [0.05, 0.1) is 17.9 Å². The van der Waals surface area contributed by atoms with Gasteiger partial charge in [0.15, 0.2) is 0 Å². The van der Waals surface area contributed by atoms with Gasteiger partial charge in [-0.2, -0.15) is 0 Å². The van der Waals surface area contributed by atoms with Crippen LogP contribution in [0, 0.1) is 83.1 Å². The van der Waals surface area contributed by atoms with Gasteiger partial charge in [0.1, 0.15) is 11.3 Å². The lowest BCUT2D eigenvalue weighted by molar-refractivity contribution is 0.443. The van der Waals surface area contributed by atoms with Crippen LogP contribution >= 0.6 is 0 Å². The quantitative estimate of drug-likeness (QED) is 0.186. The molecule has 218 valence electrons. The molecule has 2 nitrogen and oxygen atoms in total. The predicted molar refractivity (Wildman–Crippen MR) is 180 cm³/mol. The molecule has 4 aromatic carbocycles. The maximum Gasteiger partial charge on any atom is 0.137 e. The van der Waals surface area contributed by atoms with Crippen molar-refractivity contribution in [1.29, 1.82) is 0 Å². The summed E-state index contributed by atoms with van der Waals surface area (Å²) in [4.78, 5) is 0. The largest absolute Gasteiger partial charge is 0.465 e. The third-order valence-electron chi connectivity index (χ3n) is 11.8. The van der Waals surface area contributed by atoms with E-state index in [0.29, 0.717) is 0 Å². The van der Waals surface area contributed by atoms with Crippen molar-refractivity contribution in [2.75, 3.05) is 0 Å². The Hall–Kier alpha value is -4.04. The summed E-state index contributed by atoms with van der Waals surface area (Å²) in [5.41, 5.74) is 26.2. The van der Waals surface area contributed by atoms with E-state index in [4.69, 9.17) is 9.15 Å². The number of ether oxygens (including phenoxy) is 1. The molecule has 2 aliphatic rings. The van der Waals surface area contributed by atoms with Crippen LogP contribution in [0.3, 0.4) is 0 Å². The molecule has 1 spiro atoms. The van der Waals surface area contributed by atoms with Crippen molar-refractivity contribution in [3.8, 4) is 28.0 Å². The Bertz CT molecular complexity index is 2010. The first kappa shape index (κ1) is 27.8. The van der Waals surface area contributed by atoms with Gasteiger partial charge in [0, 0.05) is 17.0 Å². The van der Waals surface area contributed by atoms with E-state index in [1.54, 1.807) is 6.26 Å². The first-order valence-corrected chi connectivity index (χ1v) is 15.5. The van der Waals surface area contributed by atoms with E-state index in [1.165, 1.54) is 106 Å². The molecule has 0 saturated carbocycles. The van der Waals surface area contributed by atoms with Gasteiger partial charge in [-0.1, -0.05) is 0 Å². The Balaban J connectivity index is 1.89. The third-order valence-corrected chi connectivity index (χ3v) is 11.8. The van der Waals surface area contributed by atoms with E-state index in [9.17, 15) is 0 Å². The molecule has 1 aromatic heterocycles. The van der Waals surface area contributed by atoms with E-state index >= 15 is 0 Å². The van der Waals surface area contributed by atoms with Crippen molar-refractivity contribution in [3.05, 3.63) is 120 Å². The molecule has 2 heterocycles. The van der Waals surface area contributed by atoms with Crippen LogP contribution in [-0.4, -0.2) is 0 Å². The first-order chi connectivity index (χ1) is 20.3. The maximum atomic E-state index is 6.37. The minimum absolute atomic E-state index is 0.565. The van der Waals surface area contributed by atoms with Crippen LogP contribution in [0.4, 0.5) is 0 Å². The van der Waals surface area contributed by atoms with Gasteiger partial charge >= 0.3 is 0 Å². The second-order valence-electron chi connectivity index (χ2n) is 13.3. The van der Waals surface area contributed by atoms with E-state index < -0.39 is 5.41 Å². The minimum Gasteiger partial charge on any atom is -0.465 e. The Labute approximate surface area is 256 Å². The van der Waals surface area contributed by atoms with Gasteiger partial charge in [0.2, 0.25) is 0 Å².